The minimum Gasteiger partial charge on any atom is -0.328 e. The van der Waals surface area contributed by atoms with Crippen LogP contribution in [0.3, 0.4) is 0 Å². The Kier molecular flexibility index (Phi) is 2.82. The van der Waals surface area contributed by atoms with Gasteiger partial charge in [-0.1, -0.05) is 11.6 Å². The second kappa shape index (κ2) is 3.55. The van der Waals surface area contributed by atoms with Gasteiger partial charge >= 0.3 is 6.18 Å². The standard InChI is InChI=1S/C6H7ClF3N3/c7-4-2-12-13(3-4)5(1-11)6(8,9)10/h2-3,5H,1,11H2. The Labute approximate surface area is 77.3 Å². The number of halogens is 4. The fourth-order valence-electron chi connectivity index (χ4n) is 0.877. The number of nitrogens with zero attached hydrogens (tertiary/aromatic N) is 2. The Morgan fingerprint density at radius 1 is 1.62 bits per heavy atom. The van der Waals surface area contributed by atoms with Crippen molar-refractivity contribution < 1.29 is 13.2 Å². The van der Waals surface area contributed by atoms with Crippen molar-refractivity contribution in [1.29, 1.82) is 0 Å². The molecule has 1 atom stereocenters. The van der Waals surface area contributed by atoms with E-state index in [1.54, 1.807) is 0 Å². The number of rotatable bonds is 2. The van der Waals surface area contributed by atoms with Gasteiger partial charge in [0, 0.05) is 12.7 Å². The molecule has 1 aromatic heterocycles. The van der Waals surface area contributed by atoms with E-state index in [4.69, 9.17) is 17.3 Å². The largest absolute Gasteiger partial charge is 0.412 e. The molecule has 0 aliphatic rings. The van der Waals surface area contributed by atoms with Gasteiger partial charge in [-0.2, -0.15) is 18.3 Å². The molecule has 0 saturated heterocycles. The molecule has 3 nitrogen and oxygen atoms in total. The maximum Gasteiger partial charge on any atom is 0.412 e. The molecular formula is C6H7ClF3N3. The summed E-state index contributed by atoms with van der Waals surface area (Å²) in [6, 6.07) is -1.81. The van der Waals surface area contributed by atoms with Crippen LogP contribution in [0, 0.1) is 0 Å². The first-order valence-electron chi connectivity index (χ1n) is 3.41. The van der Waals surface area contributed by atoms with Gasteiger partial charge < -0.3 is 5.73 Å². The predicted molar refractivity (Wildman–Crippen MR) is 41.4 cm³/mol. The fourth-order valence-corrected chi connectivity index (χ4v) is 1.02. The van der Waals surface area contributed by atoms with Crippen LogP contribution in [0.4, 0.5) is 13.2 Å². The van der Waals surface area contributed by atoms with Crippen molar-refractivity contribution in [1.82, 2.24) is 9.78 Å². The number of hydrogen-bond acceptors (Lipinski definition) is 2. The summed E-state index contributed by atoms with van der Waals surface area (Å²) in [5, 5.41) is 3.59. The highest BCUT2D eigenvalue weighted by molar-refractivity contribution is 6.30. The number of nitrogens with two attached hydrogens (primary N) is 1. The summed E-state index contributed by atoms with van der Waals surface area (Å²) in [6.07, 6.45) is -2.17. The van der Waals surface area contributed by atoms with E-state index in [0.717, 1.165) is 12.4 Å². The van der Waals surface area contributed by atoms with Crippen molar-refractivity contribution in [2.45, 2.75) is 12.2 Å². The van der Waals surface area contributed by atoms with E-state index in [1.165, 1.54) is 0 Å². The third-order valence-corrected chi connectivity index (χ3v) is 1.69. The van der Waals surface area contributed by atoms with Crippen LogP contribution >= 0.6 is 11.6 Å². The summed E-state index contributed by atoms with van der Waals surface area (Å²) in [4.78, 5) is 0. The lowest BCUT2D eigenvalue weighted by atomic mass is 10.3. The molecule has 13 heavy (non-hydrogen) atoms. The molecule has 1 aromatic rings. The van der Waals surface area contributed by atoms with Crippen LogP contribution < -0.4 is 5.73 Å². The minimum absolute atomic E-state index is 0.155. The van der Waals surface area contributed by atoms with Crippen molar-refractivity contribution >= 4 is 11.6 Å². The average Bonchev–Trinajstić information content (AvgIpc) is 2.34. The van der Waals surface area contributed by atoms with Gasteiger partial charge in [-0.3, -0.25) is 4.68 Å². The second-order valence-electron chi connectivity index (χ2n) is 2.43. The van der Waals surface area contributed by atoms with Crippen LogP contribution in [-0.2, 0) is 0 Å². The van der Waals surface area contributed by atoms with Crippen molar-refractivity contribution in [3.63, 3.8) is 0 Å². The molecule has 0 aromatic carbocycles. The van der Waals surface area contributed by atoms with Gasteiger partial charge in [-0.25, -0.2) is 0 Å². The van der Waals surface area contributed by atoms with E-state index in [0.29, 0.717) is 4.68 Å². The molecule has 0 saturated carbocycles. The lowest BCUT2D eigenvalue weighted by Crippen LogP contribution is -2.33. The molecule has 0 spiro atoms. The SMILES string of the molecule is NCC(n1cc(Cl)cn1)C(F)(F)F. The summed E-state index contributed by atoms with van der Waals surface area (Å²) in [5.74, 6) is 0. The topological polar surface area (TPSA) is 43.8 Å². The molecule has 0 amide bonds. The predicted octanol–water partition coefficient (Wildman–Crippen LogP) is 1.60. The van der Waals surface area contributed by atoms with Crippen LogP contribution in [0.25, 0.3) is 0 Å². The normalized spacial score (nSPS) is 14.5. The van der Waals surface area contributed by atoms with Crippen LogP contribution in [0.1, 0.15) is 6.04 Å². The van der Waals surface area contributed by atoms with E-state index < -0.39 is 18.8 Å². The van der Waals surface area contributed by atoms with E-state index in [9.17, 15) is 13.2 Å². The number of hydrogen-bond donors (Lipinski definition) is 1. The van der Waals surface area contributed by atoms with Crippen molar-refractivity contribution in [3.8, 4) is 0 Å². The average molecular weight is 214 g/mol. The lowest BCUT2D eigenvalue weighted by Gasteiger charge is -2.18. The zero-order chi connectivity index (χ0) is 10.1. The van der Waals surface area contributed by atoms with Crippen LogP contribution in [0.5, 0.6) is 0 Å². The molecule has 0 fully saturated rings. The van der Waals surface area contributed by atoms with Gasteiger partial charge in [0.15, 0.2) is 6.04 Å². The highest BCUT2D eigenvalue weighted by Crippen LogP contribution is 2.29. The quantitative estimate of drug-likeness (QED) is 0.811. The smallest absolute Gasteiger partial charge is 0.328 e. The minimum atomic E-state index is -4.40. The van der Waals surface area contributed by atoms with E-state index in [-0.39, 0.29) is 5.02 Å². The third-order valence-electron chi connectivity index (χ3n) is 1.49. The van der Waals surface area contributed by atoms with E-state index in [1.807, 2.05) is 0 Å². The molecule has 1 heterocycles. The van der Waals surface area contributed by atoms with Crippen LogP contribution in [-0.4, -0.2) is 22.5 Å². The molecule has 74 valence electrons. The highest BCUT2D eigenvalue weighted by Gasteiger charge is 2.40. The highest BCUT2D eigenvalue weighted by atomic mass is 35.5. The fraction of sp³-hybridized carbons (Fsp3) is 0.500. The zero-order valence-corrected chi connectivity index (χ0v) is 7.18. The molecule has 2 N–H and O–H groups in total. The summed E-state index contributed by atoms with van der Waals surface area (Å²) in [7, 11) is 0. The van der Waals surface area contributed by atoms with Gasteiger partial charge in [0.05, 0.1) is 11.2 Å². The Balaban J connectivity index is 2.91. The summed E-state index contributed by atoms with van der Waals surface area (Å²) in [5.41, 5.74) is 4.98. The van der Waals surface area contributed by atoms with E-state index >= 15 is 0 Å². The lowest BCUT2D eigenvalue weighted by molar-refractivity contribution is -0.167. The summed E-state index contributed by atoms with van der Waals surface area (Å²) < 4.78 is 37.4. The first kappa shape index (κ1) is 10.3. The molecule has 0 aliphatic heterocycles. The first-order valence-corrected chi connectivity index (χ1v) is 3.79. The number of alkyl halides is 3. The molecule has 0 radical (unpaired) electrons. The molecule has 1 unspecified atom stereocenters. The Hall–Kier alpha value is -0.750. The first-order chi connectivity index (χ1) is 5.95. The number of aromatic nitrogens is 2. The van der Waals surface area contributed by atoms with Gasteiger partial charge in [-0.05, 0) is 0 Å². The zero-order valence-electron chi connectivity index (χ0n) is 6.42. The van der Waals surface area contributed by atoms with Crippen molar-refractivity contribution in [3.05, 3.63) is 17.4 Å². The van der Waals surface area contributed by atoms with Gasteiger partial charge in [0.1, 0.15) is 0 Å². The maximum atomic E-state index is 12.2. The molecule has 0 bridgehead atoms. The molecule has 1 rings (SSSR count). The van der Waals surface area contributed by atoms with Crippen LogP contribution in [0.15, 0.2) is 12.4 Å². The second-order valence-corrected chi connectivity index (χ2v) is 2.87. The summed E-state index contributed by atoms with van der Waals surface area (Å²) >= 11 is 5.42. The molecule has 0 aliphatic carbocycles. The van der Waals surface area contributed by atoms with Crippen molar-refractivity contribution in [2.24, 2.45) is 5.73 Å². The van der Waals surface area contributed by atoms with E-state index in [2.05, 4.69) is 5.10 Å². The maximum absolute atomic E-state index is 12.2. The Morgan fingerprint density at radius 2 is 2.23 bits per heavy atom. The van der Waals surface area contributed by atoms with Gasteiger partial charge in [0.2, 0.25) is 0 Å². The van der Waals surface area contributed by atoms with Gasteiger partial charge in [-0.15, -0.1) is 0 Å². The third kappa shape index (κ3) is 2.35. The molecule has 7 heteroatoms. The Bertz CT molecular complexity index is 283. The monoisotopic (exact) mass is 213 g/mol. The van der Waals surface area contributed by atoms with Crippen molar-refractivity contribution in [2.75, 3.05) is 6.54 Å². The molecular weight excluding hydrogens is 207 g/mol. The Morgan fingerprint density at radius 3 is 2.54 bits per heavy atom. The summed E-state index contributed by atoms with van der Waals surface area (Å²) in [6.45, 7) is -0.554. The van der Waals surface area contributed by atoms with Gasteiger partial charge in [0.25, 0.3) is 0 Å². The van der Waals surface area contributed by atoms with Crippen LogP contribution in [0.2, 0.25) is 5.02 Å².